The van der Waals surface area contributed by atoms with Crippen LogP contribution in [0, 0.1) is 5.92 Å². The molecule has 2 heterocycles. The van der Waals surface area contributed by atoms with E-state index in [2.05, 4.69) is 27.6 Å². The van der Waals surface area contributed by atoms with Gasteiger partial charge in [-0.15, -0.1) is 10.2 Å². The summed E-state index contributed by atoms with van der Waals surface area (Å²) >= 11 is 8.86. The van der Waals surface area contributed by atoms with E-state index in [1.807, 2.05) is 18.2 Å². The van der Waals surface area contributed by atoms with Crippen LogP contribution in [0.1, 0.15) is 28.8 Å². The Hall–Kier alpha value is -2.42. The van der Waals surface area contributed by atoms with E-state index in [0.717, 1.165) is 22.9 Å². The number of carbonyl (C=O) groups is 2. The van der Waals surface area contributed by atoms with Crippen molar-refractivity contribution in [3.05, 3.63) is 70.7 Å². The van der Waals surface area contributed by atoms with E-state index in [1.54, 1.807) is 40.9 Å². The van der Waals surface area contributed by atoms with Crippen LogP contribution in [0.2, 0.25) is 5.02 Å². The number of carbonyl (C=O) groups excluding carboxylic acids is 2. The maximum atomic E-state index is 12.8. The van der Waals surface area contributed by atoms with Crippen molar-refractivity contribution in [1.82, 2.24) is 15.1 Å². The molecule has 31 heavy (non-hydrogen) atoms. The number of halogens is 1. The van der Waals surface area contributed by atoms with Gasteiger partial charge in [0.15, 0.2) is 4.34 Å². The molecule has 1 unspecified atom stereocenters. The van der Waals surface area contributed by atoms with Crippen molar-refractivity contribution in [3.63, 3.8) is 0 Å². The van der Waals surface area contributed by atoms with Gasteiger partial charge in [-0.2, -0.15) is 0 Å². The smallest absolute Gasteiger partial charge is 0.253 e. The van der Waals surface area contributed by atoms with Gasteiger partial charge in [0.2, 0.25) is 11.0 Å². The van der Waals surface area contributed by atoms with Crippen molar-refractivity contribution in [2.75, 3.05) is 18.4 Å². The molecule has 2 aromatic carbocycles. The Balaban J connectivity index is 1.31. The van der Waals surface area contributed by atoms with Crippen LogP contribution >= 0.6 is 34.7 Å². The molecule has 1 saturated heterocycles. The lowest BCUT2D eigenvalue weighted by Gasteiger charge is -2.32. The maximum absolute atomic E-state index is 12.8. The maximum Gasteiger partial charge on any atom is 0.253 e. The highest BCUT2D eigenvalue weighted by Gasteiger charge is 2.29. The Labute approximate surface area is 194 Å². The summed E-state index contributed by atoms with van der Waals surface area (Å²) in [4.78, 5) is 27.3. The van der Waals surface area contributed by atoms with Crippen molar-refractivity contribution in [3.8, 4) is 0 Å². The minimum atomic E-state index is -0.269. The van der Waals surface area contributed by atoms with E-state index < -0.39 is 0 Å². The molecule has 0 saturated carbocycles. The number of piperidine rings is 1. The monoisotopic (exact) mass is 472 g/mol. The number of nitrogens with zero attached hydrogens (tertiary/aromatic N) is 3. The zero-order chi connectivity index (χ0) is 21.6. The summed E-state index contributed by atoms with van der Waals surface area (Å²) in [5, 5.41) is 12.2. The fourth-order valence-corrected chi connectivity index (χ4v) is 5.23. The first kappa shape index (κ1) is 21.8. The zero-order valence-electron chi connectivity index (χ0n) is 16.7. The molecule has 3 aromatic rings. The minimum absolute atomic E-state index is 0.0790. The number of anilines is 1. The van der Waals surface area contributed by atoms with E-state index >= 15 is 0 Å². The van der Waals surface area contributed by atoms with E-state index in [1.165, 1.54) is 16.9 Å². The van der Waals surface area contributed by atoms with Crippen molar-refractivity contribution in [2.45, 2.75) is 22.9 Å². The lowest BCUT2D eigenvalue weighted by Crippen LogP contribution is -2.43. The number of nitrogens with one attached hydrogen (secondary N) is 1. The molecule has 1 aliphatic rings. The molecule has 9 heteroatoms. The van der Waals surface area contributed by atoms with Gasteiger partial charge in [-0.3, -0.25) is 9.59 Å². The standard InChI is InChI=1S/C22H21ClN4O2S2/c23-18-10-8-16(9-11-18)20(29)27-12-4-7-17(13-27)19(28)24-21-25-26-22(31-21)30-14-15-5-2-1-3-6-15/h1-3,5-6,8-11,17H,4,7,12-14H2,(H,24,25,28). The molecule has 160 valence electrons. The third-order valence-electron chi connectivity index (χ3n) is 5.01. The van der Waals surface area contributed by atoms with E-state index in [9.17, 15) is 9.59 Å². The van der Waals surface area contributed by atoms with Crippen molar-refractivity contribution in [1.29, 1.82) is 0 Å². The Morgan fingerprint density at radius 3 is 2.68 bits per heavy atom. The number of thioether (sulfide) groups is 1. The topological polar surface area (TPSA) is 75.2 Å². The van der Waals surface area contributed by atoms with Crippen molar-refractivity contribution >= 4 is 51.6 Å². The van der Waals surface area contributed by atoms with Gasteiger partial charge in [0.05, 0.1) is 5.92 Å². The van der Waals surface area contributed by atoms with Crippen LogP contribution in [0.3, 0.4) is 0 Å². The summed E-state index contributed by atoms with van der Waals surface area (Å²) in [7, 11) is 0. The predicted molar refractivity (Wildman–Crippen MR) is 125 cm³/mol. The normalized spacial score (nSPS) is 16.2. The number of amides is 2. The molecule has 0 spiro atoms. The van der Waals surface area contributed by atoms with Gasteiger partial charge in [-0.05, 0) is 42.7 Å². The third-order valence-corrected chi connectivity index (χ3v) is 7.31. The predicted octanol–water partition coefficient (Wildman–Crippen LogP) is 4.97. The first-order chi connectivity index (χ1) is 15.1. The number of hydrogen-bond donors (Lipinski definition) is 1. The van der Waals surface area contributed by atoms with Gasteiger partial charge in [0.25, 0.3) is 5.91 Å². The summed E-state index contributed by atoms with van der Waals surface area (Å²) in [6.07, 6.45) is 1.52. The lowest BCUT2D eigenvalue weighted by molar-refractivity contribution is -0.121. The van der Waals surface area contributed by atoms with Gasteiger partial charge in [0.1, 0.15) is 0 Å². The largest absolute Gasteiger partial charge is 0.338 e. The highest BCUT2D eigenvalue weighted by molar-refractivity contribution is 8.00. The van der Waals surface area contributed by atoms with Gasteiger partial charge in [0, 0.05) is 29.4 Å². The summed E-state index contributed by atoms with van der Waals surface area (Å²) in [6, 6.07) is 17.0. The van der Waals surface area contributed by atoms with Crippen LogP contribution in [0.15, 0.2) is 58.9 Å². The molecule has 0 bridgehead atoms. The molecule has 0 aliphatic carbocycles. The summed E-state index contributed by atoms with van der Waals surface area (Å²) in [5.74, 6) is 0.330. The lowest BCUT2D eigenvalue weighted by atomic mass is 9.96. The van der Waals surface area contributed by atoms with Crippen LogP contribution < -0.4 is 5.32 Å². The third kappa shape index (κ3) is 5.84. The molecule has 6 nitrogen and oxygen atoms in total. The van der Waals surface area contributed by atoms with Gasteiger partial charge < -0.3 is 10.2 Å². The van der Waals surface area contributed by atoms with Gasteiger partial charge in [-0.25, -0.2) is 0 Å². The fraction of sp³-hybridized carbons (Fsp3) is 0.273. The van der Waals surface area contributed by atoms with Crippen LogP contribution in [-0.2, 0) is 10.5 Å². The molecule has 1 N–H and O–H groups in total. The van der Waals surface area contributed by atoms with E-state index in [4.69, 9.17) is 11.6 Å². The minimum Gasteiger partial charge on any atom is -0.338 e. The number of hydrogen-bond acceptors (Lipinski definition) is 6. The number of rotatable bonds is 6. The van der Waals surface area contributed by atoms with Crippen LogP contribution in [0.4, 0.5) is 5.13 Å². The van der Waals surface area contributed by atoms with Crippen LogP contribution in [0.25, 0.3) is 0 Å². The van der Waals surface area contributed by atoms with E-state index in [-0.39, 0.29) is 17.7 Å². The Bertz CT molecular complexity index is 1040. The SMILES string of the molecule is O=C(Nc1nnc(SCc2ccccc2)s1)C1CCCN(C(=O)c2ccc(Cl)cc2)C1. The second-order valence-electron chi connectivity index (χ2n) is 7.23. The first-order valence-electron chi connectivity index (χ1n) is 9.94. The molecule has 2 amide bonds. The summed E-state index contributed by atoms with van der Waals surface area (Å²) < 4.78 is 0.808. The molecular formula is C22H21ClN4O2S2. The van der Waals surface area contributed by atoms with Gasteiger partial charge in [-0.1, -0.05) is 65.0 Å². The Kier molecular flexibility index (Phi) is 7.21. The van der Waals surface area contributed by atoms with Crippen LogP contribution in [0.5, 0.6) is 0 Å². The van der Waals surface area contributed by atoms with Gasteiger partial charge >= 0.3 is 0 Å². The molecule has 4 rings (SSSR count). The molecule has 1 aromatic heterocycles. The van der Waals surface area contributed by atoms with E-state index in [0.29, 0.717) is 28.8 Å². The number of benzene rings is 2. The highest BCUT2D eigenvalue weighted by Crippen LogP contribution is 2.29. The molecule has 1 aliphatic heterocycles. The van der Waals surface area contributed by atoms with Crippen LogP contribution in [-0.4, -0.2) is 40.0 Å². The second kappa shape index (κ2) is 10.3. The highest BCUT2D eigenvalue weighted by atomic mass is 35.5. The van der Waals surface area contributed by atoms with Crippen molar-refractivity contribution in [2.24, 2.45) is 5.92 Å². The molecule has 1 fully saturated rings. The fourth-order valence-electron chi connectivity index (χ4n) is 3.40. The molecular weight excluding hydrogens is 452 g/mol. The number of aromatic nitrogens is 2. The zero-order valence-corrected chi connectivity index (χ0v) is 19.1. The average Bonchev–Trinajstić information content (AvgIpc) is 3.26. The average molecular weight is 473 g/mol. The number of likely N-dealkylation sites (tertiary alicyclic amines) is 1. The molecule has 0 radical (unpaired) electrons. The quantitative estimate of drug-likeness (QED) is 0.404. The molecule has 1 atom stereocenters. The summed E-state index contributed by atoms with van der Waals surface area (Å²) in [6.45, 7) is 1.03. The second-order valence-corrected chi connectivity index (χ2v) is 9.87. The first-order valence-corrected chi connectivity index (χ1v) is 12.1. The Morgan fingerprint density at radius 2 is 1.90 bits per heavy atom. The van der Waals surface area contributed by atoms with Crippen molar-refractivity contribution < 1.29 is 9.59 Å². The summed E-state index contributed by atoms with van der Waals surface area (Å²) in [5.41, 5.74) is 1.79. The Morgan fingerprint density at radius 1 is 1.13 bits per heavy atom.